The Bertz CT molecular complexity index is 368. The summed E-state index contributed by atoms with van der Waals surface area (Å²) >= 11 is 0. The molecule has 2 fully saturated rings. The van der Waals surface area contributed by atoms with Crippen molar-refractivity contribution in [1.82, 2.24) is 10.2 Å². The zero-order valence-corrected chi connectivity index (χ0v) is 11.4. The van der Waals surface area contributed by atoms with Crippen LogP contribution in [0.4, 0.5) is 0 Å². The van der Waals surface area contributed by atoms with Gasteiger partial charge in [0.15, 0.2) is 0 Å². The standard InChI is InChI=1S/C14H22N2O3/c1-2-19-14(18)4-3-8-16-9-7-12-11(10-16)5-6-13(17)15-12/h3-4,11-12H,2,5-10H2,1H3,(H,15,17)/b4-3+. The molecule has 0 radical (unpaired) electrons. The molecule has 0 aromatic carbocycles. The number of rotatable bonds is 4. The maximum atomic E-state index is 11.3. The molecule has 5 heteroatoms. The minimum absolute atomic E-state index is 0.192. The van der Waals surface area contributed by atoms with Crippen molar-refractivity contribution in [2.75, 3.05) is 26.2 Å². The normalized spacial score (nSPS) is 27.9. The molecular formula is C14H22N2O3. The smallest absolute Gasteiger partial charge is 0.330 e. The Morgan fingerprint density at radius 2 is 2.37 bits per heavy atom. The van der Waals surface area contributed by atoms with Gasteiger partial charge in [0.1, 0.15) is 0 Å². The molecule has 2 unspecified atom stereocenters. The summed E-state index contributed by atoms with van der Waals surface area (Å²) in [5.74, 6) is 0.474. The molecule has 0 bridgehead atoms. The fourth-order valence-corrected chi connectivity index (χ4v) is 2.84. The van der Waals surface area contributed by atoms with E-state index in [0.717, 1.165) is 32.5 Å². The molecule has 2 rings (SSSR count). The van der Waals surface area contributed by atoms with Gasteiger partial charge in [0.25, 0.3) is 0 Å². The number of amides is 1. The Labute approximate surface area is 114 Å². The summed E-state index contributed by atoms with van der Waals surface area (Å²) in [5, 5.41) is 3.07. The van der Waals surface area contributed by atoms with E-state index < -0.39 is 0 Å². The lowest BCUT2D eigenvalue weighted by molar-refractivity contribution is -0.137. The van der Waals surface area contributed by atoms with Gasteiger partial charge in [0.05, 0.1) is 6.61 Å². The molecule has 1 N–H and O–H groups in total. The fourth-order valence-electron chi connectivity index (χ4n) is 2.84. The van der Waals surface area contributed by atoms with Crippen LogP contribution in [0.5, 0.6) is 0 Å². The highest BCUT2D eigenvalue weighted by Gasteiger charge is 2.33. The minimum Gasteiger partial charge on any atom is -0.463 e. The summed E-state index contributed by atoms with van der Waals surface area (Å²) in [7, 11) is 0. The summed E-state index contributed by atoms with van der Waals surface area (Å²) in [6, 6.07) is 0.353. The van der Waals surface area contributed by atoms with Crippen LogP contribution in [0, 0.1) is 5.92 Å². The van der Waals surface area contributed by atoms with Gasteiger partial charge in [0, 0.05) is 38.2 Å². The number of ether oxygens (including phenoxy) is 1. The molecule has 0 aromatic rings. The molecule has 2 saturated heterocycles. The van der Waals surface area contributed by atoms with E-state index in [9.17, 15) is 9.59 Å². The average molecular weight is 266 g/mol. The first kappa shape index (κ1) is 14.1. The first-order valence-corrected chi connectivity index (χ1v) is 7.04. The minimum atomic E-state index is -0.276. The number of carbonyl (C=O) groups excluding carboxylic acids is 2. The van der Waals surface area contributed by atoms with E-state index in [0.29, 0.717) is 25.0 Å². The molecule has 1 amide bonds. The Morgan fingerprint density at radius 3 is 3.16 bits per heavy atom. The Hall–Kier alpha value is -1.36. The number of esters is 1. The zero-order chi connectivity index (χ0) is 13.7. The predicted molar refractivity (Wildman–Crippen MR) is 71.5 cm³/mol. The lowest BCUT2D eigenvalue weighted by atomic mass is 9.85. The largest absolute Gasteiger partial charge is 0.463 e. The Balaban J connectivity index is 1.75. The third-order valence-corrected chi connectivity index (χ3v) is 3.81. The van der Waals surface area contributed by atoms with Gasteiger partial charge >= 0.3 is 5.97 Å². The lowest BCUT2D eigenvalue weighted by Gasteiger charge is -2.41. The first-order valence-electron chi connectivity index (χ1n) is 7.04. The van der Waals surface area contributed by atoms with Crippen LogP contribution in [0.25, 0.3) is 0 Å². The van der Waals surface area contributed by atoms with E-state index >= 15 is 0 Å². The van der Waals surface area contributed by atoms with Crippen molar-refractivity contribution < 1.29 is 14.3 Å². The summed E-state index contributed by atoms with van der Waals surface area (Å²) < 4.78 is 4.84. The number of hydrogen-bond acceptors (Lipinski definition) is 4. The van der Waals surface area contributed by atoms with Crippen LogP contribution in [0.15, 0.2) is 12.2 Å². The molecular weight excluding hydrogens is 244 g/mol. The van der Waals surface area contributed by atoms with E-state index in [1.54, 1.807) is 6.92 Å². The van der Waals surface area contributed by atoms with Crippen LogP contribution in [0.2, 0.25) is 0 Å². The maximum Gasteiger partial charge on any atom is 0.330 e. The van der Waals surface area contributed by atoms with Crippen molar-refractivity contribution in [1.29, 1.82) is 0 Å². The van der Waals surface area contributed by atoms with E-state index in [4.69, 9.17) is 4.74 Å². The molecule has 2 atom stereocenters. The van der Waals surface area contributed by atoms with Crippen LogP contribution >= 0.6 is 0 Å². The second-order valence-electron chi connectivity index (χ2n) is 5.18. The quantitative estimate of drug-likeness (QED) is 0.601. The number of nitrogens with one attached hydrogen (secondary N) is 1. The van der Waals surface area contributed by atoms with Crippen LogP contribution in [0.3, 0.4) is 0 Å². The number of likely N-dealkylation sites (tertiary alicyclic amines) is 1. The van der Waals surface area contributed by atoms with E-state index in [1.807, 2.05) is 6.08 Å². The van der Waals surface area contributed by atoms with Gasteiger partial charge in [-0.1, -0.05) is 6.08 Å². The summed E-state index contributed by atoms with van der Waals surface area (Å²) in [6.07, 6.45) is 5.99. The topological polar surface area (TPSA) is 58.6 Å². The van der Waals surface area contributed by atoms with Crippen molar-refractivity contribution in [3.8, 4) is 0 Å². The van der Waals surface area contributed by atoms with Crippen molar-refractivity contribution in [3.63, 3.8) is 0 Å². The molecule has 2 heterocycles. The van der Waals surface area contributed by atoms with Crippen molar-refractivity contribution >= 4 is 11.9 Å². The average Bonchev–Trinajstić information content (AvgIpc) is 2.39. The molecule has 0 spiro atoms. The number of piperidine rings is 2. The highest BCUT2D eigenvalue weighted by atomic mass is 16.5. The molecule has 0 saturated carbocycles. The van der Waals surface area contributed by atoms with Gasteiger partial charge in [-0.15, -0.1) is 0 Å². The van der Waals surface area contributed by atoms with Crippen LogP contribution in [-0.4, -0.2) is 49.1 Å². The van der Waals surface area contributed by atoms with Gasteiger partial charge in [-0.2, -0.15) is 0 Å². The summed E-state index contributed by atoms with van der Waals surface area (Å²) in [5.41, 5.74) is 0. The van der Waals surface area contributed by atoms with Gasteiger partial charge in [-0.05, 0) is 25.7 Å². The highest BCUT2D eigenvalue weighted by molar-refractivity contribution is 5.81. The van der Waals surface area contributed by atoms with Gasteiger partial charge in [0.2, 0.25) is 5.91 Å². The molecule has 2 aliphatic heterocycles. The van der Waals surface area contributed by atoms with E-state index in [1.165, 1.54) is 6.08 Å². The Kier molecular flexibility index (Phi) is 4.96. The molecule has 2 aliphatic rings. The van der Waals surface area contributed by atoms with E-state index in [2.05, 4.69) is 10.2 Å². The van der Waals surface area contributed by atoms with Crippen molar-refractivity contribution in [3.05, 3.63) is 12.2 Å². The molecule has 0 aliphatic carbocycles. The Morgan fingerprint density at radius 1 is 1.53 bits per heavy atom. The molecule has 106 valence electrons. The number of hydrogen-bond donors (Lipinski definition) is 1. The van der Waals surface area contributed by atoms with Crippen molar-refractivity contribution in [2.45, 2.75) is 32.2 Å². The molecule has 0 aromatic heterocycles. The van der Waals surface area contributed by atoms with Crippen LogP contribution in [0.1, 0.15) is 26.2 Å². The summed E-state index contributed by atoms with van der Waals surface area (Å²) in [4.78, 5) is 24.8. The lowest BCUT2D eigenvalue weighted by Crippen LogP contribution is -2.53. The van der Waals surface area contributed by atoms with Crippen LogP contribution in [-0.2, 0) is 14.3 Å². The SMILES string of the molecule is CCOC(=O)/C=C/CN1CCC2NC(=O)CCC2C1. The van der Waals surface area contributed by atoms with Crippen molar-refractivity contribution in [2.24, 2.45) is 5.92 Å². The highest BCUT2D eigenvalue weighted by Crippen LogP contribution is 2.25. The number of carbonyl (C=O) groups is 2. The second-order valence-corrected chi connectivity index (χ2v) is 5.18. The zero-order valence-electron chi connectivity index (χ0n) is 11.4. The predicted octanol–water partition coefficient (Wildman–Crippen LogP) is 0.706. The number of nitrogens with zero attached hydrogens (tertiary/aromatic N) is 1. The molecule has 19 heavy (non-hydrogen) atoms. The number of fused-ring (bicyclic) bond motifs is 1. The van der Waals surface area contributed by atoms with E-state index in [-0.39, 0.29) is 11.9 Å². The third-order valence-electron chi connectivity index (χ3n) is 3.81. The van der Waals surface area contributed by atoms with Gasteiger partial charge in [-0.3, -0.25) is 9.69 Å². The maximum absolute atomic E-state index is 11.3. The summed E-state index contributed by atoms with van der Waals surface area (Å²) in [6.45, 7) is 4.95. The third kappa shape index (κ3) is 4.06. The van der Waals surface area contributed by atoms with Crippen LogP contribution < -0.4 is 5.32 Å². The van der Waals surface area contributed by atoms with Gasteiger partial charge in [-0.25, -0.2) is 4.79 Å². The molecule has 5 nitrogen and oxygen atoms in total. The van der Waals surface area contributed by atoms with Gasteiger partial charge < -0.3 is 10.1 Å². The first-order chi connectivity index (χ1) is 9.19. The monoisotopic (exact) mass is 266 g/mol. The fraction of sp³-hybridized carbons (Fsp3) is 0.714. The second kappa shape index (κ2) is 6.70.